The van der Waals surface area contributed by atoms with E-state index in [1.807, 2.05) is 0 Å². The molecular weight excluding hydrogens is 334 g/mol. The van der Waals surface area contributed by atoms with Crippen molar-refractivity contribution in [2.45, 2.75) is 41.5 Å². The van der Waals surface area contributed by atoms with Gasteiger partial charge in [0.2, 0.25) is 10.0 Å². The lowest BCUT2D eigenvalue weighted by Gasteiger charge is -2.22. The highest BCUT2D eigenvalue weighted by Crippen LogP contribution is 2.39. The van der Waals surface area contributed by atoms with Crippen molar-refractivity contribution in [2.24, 2.45) is 5.92 Å². The Labute approximate surface area is 129 Å². The summed E-state index contributed by atoms with van der Waals surface area (Å²) >= 11 is 0. The molecule has 0 N–H and O–H groups in total. The SMILES string of the molecule is O=S(=O)(Cl)c1ccccc1S(=O)(=O)N(CC1CC1)C1CC1. The molecule has 0 saturated heterocycles. The van der Waals surface area contributed by atoms with Crippen molar-refractivity contribution >= 4 is 29.8 Å². The van der Waals surface area contributed by atoms with Gasteiger partial charge in [-0.2, -0.15) is 4.31 Å². The predicted molar refractivity (Wildman–Crippen MR) is 79.1 cm³/mol. The van der Waals surface area contributed by atoms with E-state index in [-0.39, 0.29) is 15.8 Å². The van der Waals surface area contributed by atoms with Crippen LogP contribution in [0.5, 0.6) is 0 Å². The molecule has 1 aromatic carbocycles. The lowest BCUT2D eigenvalue weighted by Crippen LogP contribution is -2.35. The molecule has 2 aliphatic carbocycles. The highest BCUT2D eigenvalue weighted by molar-refractivity contribution is 8.14. The summed E-state index contributed by atoms with van der Waals surface area (Å²) in [6.07, 6.45) is 3.74. The minimum absolute atomic E-state index is 0.00156. The Hall–Kier alpha value is -0.630. The minimum atomic E-state index is -4.10. The van der Waals surface area contributed by atoms with Gasteiger partial charge in [0.15, 0.2) is 0 Å². The first-order valence-corrected chi connectivity index (χ1v) is 10.6. The van der Waals surface area contributed by atoms with E-state index >= 15 is 0 Å². The first kappa shape index (κ1) is 15.3. The van der Waals surface area contributed by atoms with Gasteiger partial charge >= 0.3 is 0 Å². The average molecular weight is 350 g/mol. The number of rotatable bonds is 6. The molecule has 21 heavy (non-hydrogen) atoms. The van der Waals surface area contributed by atoms with E-state index < -0.39 is 19.1 Å². The summed E-state index contributed by atoms with van der Waals surface area (Å²) in [4.78, 5) is -0.555. The van der Waals surface area contributed by atoms with Gasteiger partial charge in [-0.3, -0.25) is 0 Å². The number of hydrogen-bond acceptors (Lipinski definition) is 4. The van der Waals surface area contributed by atoms with Crippen LogP contribution in [0, 0.1) is 5.92 Å². The molecule has 2 saturated carbocycles. The Morgan fingerprint density at radius 2 is 1.57 bits per heavy atom. The minimum Gasteiger partial charge on any atom is -0.207 e. The smallest absolute Gasteiger partial charge is 0.207 e. The molecule has 0 spiro atoms. The number of sulfonamides is 1. The second-order valence-corrected chi connectivity index (χ2v) is 10.0. The van der Waals surface area contributed by atoms with Crippen LogP contribution in [0.4, 0.5) is 0 Å². The van der Waals surface area contributed by atoms with Crippen molar-refractivity contribution in [3.8, 4) is 0 Å². The molecule has 1 aromatic rings. The molecule has 0 unspecified atom stereocenters. The van der Waals surface area contributed by atoms with E-state index in [0.29, 0.717) is 12.5 Å². The summed E-state index contributed by atoms with van der Waals surface area (Å²) in [6, 6.07) is 5.53. The lowest BCUT2D eigenvalue weighted by molar-refractivity contribution is 0.387. The zero-order chi connectivity index (χ0) is 15.3. The number of hydrogen-bond donors (Lipinski definition) is 0. The van der Waals surface area contributed by atoms with Crippen molar-refractivity contribution in [2.75, 3.05) is 6.54 Å². The van der Waals surface area contributed by atoms with Gasteiger partial charge in [0.05, 0.1) is 0 Å². The normalized spacial score (nSPS) is 19.9. The van der Waals surface area contributed by atoms with Crippen LogP contribution in [0.25, 0.3) is 0 Å². The van der Waals surface area contributed by atoms with E-state index in [1.54, 1.807) is 0 Å². The molecule has 8 heteroatoms. The molecule has 0 atom stereocenters. The fourth-order valence-corrected chi connectivity index (χ4v) is 5.92. The Morgan fingerprint density at radius 3 is 2.05 bits per heavy atom. The van der Waals surface area contributed by atoms with Gasteiger partial charge in [-0.1, -0.05) is 12.1 Å². The van der Waals surface area contributed by atoms with Gasteiger partial charge in [-0.25, -0.2) is 16.8 Å². The third-order valence-corrected chi connectivity index (χ3v) is 7.27. The summed E-state index contributed by atoms with van der Waals surface area (Å²) in [5.74, 6) is 0.403. The summed E-state index contributed by atoms with van der Waals surface area (Å²) < 4.78 is 50.4. The highest BCUT2D eigenvalue weighted by Gasteiger charge is 2.42. The molecule has 0 heterocycles. The van der Waals surface area contributed by atoms with Crippen molar-refractivity contribution in [1.29, 1.82) is 0 Å². The number of halogens is 1. The molecule has 0 aliphatic heterocycles. The van der Waals surface area contributed by atoms with Gasteiger partial charge in [0, 0.05) is 23.3 Å². The first-order chi connectivity index (χ1) is 9.80. The molecule has 0 amide bonds. The van der Waals surface area contributed by atoms with Crippen molar-refractivity contribution in [3.05, 3.63) is 24.3 Å². The van der Waals surface area contributed by atoms with Crippen LogP contribution in [0.1, 0.15) is 25.7 Å². The van der Waals surface area contributed by atoms with Gasteiger partial charge in [0.1, 0.15) is 9.79 Å². The van der Waals surface area contributed by atoms with E-state index in [4.69, 9.17) is 10.7 Å². The molecular formula is C13H16ClNO4S2. The number of benzene rings is 1. The van der Waals surface area contributed by atoms with Crippen LogP contribution in [-0.2, 0) is 19.1 Å². The Morgan fingerprint density at radius 1 is 1.00 bits per heavy atom. The van der Waals surface area contributed by atoms with Crippen molar-refractivity contribution in [3.63, 3.8) is 0 Å². The van der Waals surface area contributed by atoms with Crippen molar-refractivity contribution in [1.82, 2.24) is 4.31 Å². The molecule has 3 rings (SSSR count). The van der Waals surface area contributed by atoms with Crippen molar-refractivity contribution < 1.29 is 16.8 Å². The monoisotopic (exact) mass is 349 g/mol. The summed E-state index contributed by atoms with van der Waals surface area (Å²) in [5.41, 5.74) is 0. The van der Waals surface area contributed by atoms with Gasteiger partial charge in [-0.15, -0.1) is 0 Å². The Bertz CT molecular complexity index is 752. The quantitative estimate of drug-likeness (QED) is 0.738. The van der Waals surface area contributed by atoms with Gasteiger partial charge in [-0.05, 0) is 43.7 Å². The van der Waals surface area contributed by atoms with E-state index in [9.17, 15) is 16.8 Å². The maximum Gasteiger partial charge on any atom is 0.262 e. The topological polar surface area (TPSA) is 71.5 Å². The fraction of sp³-hybridized carbons (Fsp3) is 0.538. The van der Waals surface area contributed by atoms with Gasteiger partial charge < -0.3 is 0 Å². The van der Waals surface area contributed by atoms with Crippen LogP contribution in [0.2, 0.25) is 0 Å². The highest BCUT2D eigenvalue weighted by atomic mass is 35.7. The first-order valence-electron chi connectivity index (χ1n) is 6.85. The van der Waals surface area contributed by atoms with Gasteiger partial charge in [0.25, 0.3) is 9.05 Å². The van der Waals surface area contributed by atoms with Crippen LogP contribution in [-0.4, -0.2) is 33.7 Å². The zero-order valence-electron chi connectivity index (χ0n) is 11.3. The third-order valence-electron chi connectivity index (χ3n) is 3.79. The van der Waals surface area contributed by atoms with E-state index in [2.05, 4.69) is 0 Å². The van der Waals surface area contributed by atoms with Crippen LogP contribution in [0.3, 0.4) is 0 Å². The van der Waals surface area contributed by atoms with Crippen LogP contribution < -0.4 is 0 Å². The molecule has 2 fully saturated rings. The summed E-state index contributed by atoms with van der Waals surface area (Å²) in [7, 11) is -2.56. The second kappa shape index (κ2) is 5.22. The van der Waals surface area contributed by atoms with E-state index in [1.165, 1.54) is 28.6 Å². The Balaban J connectivity index is 2.04. The molecule has 0 radical (unpaired) electrons. The molecule has 0 bridgehead atoms. The molecule has 116 valence electrons. The second-order valence-electron chi connectivity index (χ2n) is 5.63. The maximum absolute atomic E-state index is 12.8. The van der Waals surface area contributed by atoms with Crippen LogP contribution in [0.15, 0.2) is 34.1 Å². The van der Waals surface area contributed by atoms with E-state index in [0.717, 1.165) is 25.7 Å². The Kier molecular flexibility index (Phi) is 3.80. The lowest BCUT2D eigenvalue weighted by atomic mass is 10.4. The maximum atomic E-state index is 12.8. The molecule has 2 aliphatic rings. The summed E-state index contributed by atoms with van der Waals surface area (Å²) in [6.45, 7) is 0.476. The zero-order valence-corrected chi connectivity index (χ0v) is 13.7. The third kappa shape index (κ3) is 3.26. The summed E-state index contributed by atoms with van der Waals surface area (Å²) in [5, 5.41) is 0. The average Bonchev–Trinajstić information content (AvgIpc) is 3.26. The standard InChI is InChI=1S/C13H16ClNO4S2/c14-20(16,17)12-3-1-2-4-13(12)21(18,19)15(11-7-8-11)9-10-5-6-10/h1-4,10-11H,5-9H2. The molecule has 0 aromatic heterocycles. The fourth-order valence-electron chi connectivity index (χ4n) is 2.35. The van der Waals surface area contributed by atoms with Crippen LogP contribution >= 0.6 is 10.7 Å². The number of nitrogens with zero attached hydrogens (tertiary/aromatic N) is 1. The predicted octanol–water partition coefficient (Wildman–Crippen LogP) is 2.18. The largest absolute Gasteiger partial charge is 0.262 e. The molecule has 5 nitrogen and oxygen atoms in total.